The summed E-state index contributed by atoms with van der Waals surface area (Å²) in [6, 6.07) is 9.72. The van der Waals surface area contributed by atoms with Crippen LogP contribution in [0, 0.1) is 11.7 Å². The minimum absolute atomic E-state index is 0.167. The fourth-order valence-corrected chi connectivity index (χ4v) is 4.37. The number of rotatable bonds is 8. The molecule has 0 aliphatic rings. The fourth-order valence-electron chi connectivity index (χ4n) is 2.88. The third-order valence-corrected chi connectivity index (χ3v) is 5.95. The zero-order valence-electron chi connectivity index (χ0n) is 16.9. The number of thiazole rings is 1. The van der Waals surface area contributed by atoms with Crippen molar-refractivity contribution in [1.82, 2.24) is 19.7 Å². The number of hydrogen-bond donors (Lipinski definition) is 1. The summed E-state index contributed by atoms with van der Waals surface area (Å²) in [4.78, 5) is 16.9. The number of nitrogens with zero attached hydrogens (tertiary/aromatic N) is 4. The van der Waals surface area contributed by atoms with E-state index in [1.165, 1.54) is 35.2 Å². The van der Waals surface area contributed by atoms with Crippen LogP contribution < -0.4 is 5.32 Å². The number of amides is 1. The lowest BCUT2D eigenvalue weighted by Gasteiger charge is -2.11. The Morgan fingerprint density at radius 1 is 1.26 bits per heavy atom. The Hall–Kier alpha value is -2.98. The minimum atomic E-state index is -0.301. The van der Waals surface area contributed by atoms with Crippen molar-refractivity contribution in [2.24, 2.45) is 5.92 Å². The van der Waals surface area contributed by atoms with Crippen molar-refractivity contribution < 1.29 is 13.6 Å². The van der Waals surface area contributed by atoms with Gasteiger partial charge in [0.25, 0.3) is 0 Å². The Balaban J connectivity index is 1.41. The molecule has 0 spiro atoms. The van der Waals surface area contributed by atoms with E-state index >= 15 is 0 Å². The van der Waals surface area contributed by atoms with Gasteiger partial charge in [0.15, 0.2) is 21.9 Å². The van der Waals surface area contributed by atoms with Gasteiger partial charge in [-0.05, 0) is 42.3 Å². The summed E-state index contributed by atoms with van der Waals surface area (Å²) >= 11 is 2.63. The molecule has 0 fully saturated rings. The molecule has 1 amide bonds. The topological polar surface area (TPSA) is 85.8 Å². The van der Waals surface area contributed by atoms with E-state index in [0.29, 0.717) is 40.0 Å². The summed E-state index contributed by atoms with van der Waals surface area (Å²) < 4.78 is 20.5. The number of thioether (sulfide) groups is 1. The standard InChI is InChI=1S/C21H20FN5O2S2/c1-13(2)10-27-19(17-4-3-9-29-17)25-26-21(27)31-12-18(28)24-20-23-16(11-30-20)14-5-7-15(22)8-6-14/h3-9,11,13H,10,12H2,1-2H3,(H,23,24,28). The second kappa shape index (κ2) is 9.44. The molecule has 3 heterocycles. The molecule has 0 atom stereocenters. The van der Waals surface area contributed by atoms with Gasteiger partial charge in [-0.1, -0.05) is 25.6 Å². The average molecular weight is 458 g/mol. The maximum absolute atomic E-state index is 13.1. The second-order valence-electron chi connectivity index (χ2n) is 7.17. The van der Waals surface area contributed by atoms with Crippen LogP contribution in [0.4, 0.5) is 9.52 Å². The van der Waals surface area contributed by atoms with E-state index in [1.807, 2.05) is 16.0 Å². The average Bonchev–Trinajstić information content (AvgIpc) is 3.48. The number of hydrogen-bond acceptors (Lipinski definition) is 7. The van der Waals surface area contributed by atoms with Gasteiger partial charge in [-0.15, -0.1) is 21.5 Å². The highest BCUT2D eigenvalue weighted by Gasteiger charge is 2.18. The van der Waals surface area contributed by atoms with E-state index < -0.39 is 0 Å². The first-order valence-corrected chi connectivity index (χ1v) is 11.5. The van der Waals surface area contributed by atoms with E-state index in [0.717, 1.165) is 5.56 Å². The van der Waals surface area contributed by atoms with Crippen molar-refractivity contribution in [1.29, 1.82) is 0 Å². The summed E-state index contributed by atoms with van der Waals surface area (Å²) in [5, 5.41) is 14.3. The van der Waals surface area contributed by atoms with Crippen molar-refractivity contribution in [2.45, 2.75) is 25.5 Å². The lowest BCUT2D eigenvalue weighted by molar-refractivity contribution is -0.113. The molecule has 0 saturated heterocycles. The number of anilines is 1. The van der Waals surface area contributed by atoms with Gasteiger partial charge in [0.1, 0.15) is 5.82 Å². The summed E-state index contributed by atoms with van der Waals surface area (Å²) in [5.74, 6) is 1.33. The molecule has 31 heavy (non-hydrogen) atoms. The van der Waals surface area contributed by atoms with Crippen molar-refractivity contribution in [2.75, 3.05) is 11.1 Å². The van der Waals surface area contributed by atoms with Gasteiger partial charge in [0, 0.05) is 17.5 Å². The Bertz CT molecular complexity index is 1150. The van der Waals surface area contributed by atoms with E-state index in [-0.39, 0.29) is 17.5 Å². The molecule has 0 unspecified atom stereocenters. The fraction of sp³-hybridized carbons (Fsp3) is 0.238. The normalized spacial score (nSPS) is 11.2. The van der Waals surface area contributed by atoms with Gasteiger partial charge >= 0.3 is 0 Å². The van der Waals surface area contributed by atoms with Gasteiger partial charge in [-0.3, -0.25) is 9.36 Å². The van der Waals surface area contributed by atoms with Crippen molar-refractivity contribution in [3.05, 3.63) is 53.9 Å². The quantitative estimate of drug-likeness (QED) is 0.367. The number of nitrogens with one attached hydrogen (secondary N) is 1. The Labute approximate surface area is 186 Å². The lowest BCUT2D eigenvalue weighted by atomic mass is 10.2. The largest absolute Gasteiger partial charge is 0.461 e. The van der Waals surface area contributed by atoms with Crippen LogP contribution in [0.1, 0.15) is 13.8 Å². The Kier molecular flexibility index (Phi) is 6.47. The SMILES string of the molecule is CC(C)Cn1c(SCC(=O)Nc2nc(-c3ccc(F)cc3)cs2)nnc1-c1ccco1. The minimum Gasteiger partial charge on any atom is -0.461 e. The van der Waals surface area contributed by atoms with E-state index in [9.17, 15) is 9.18 Å². The summed E-state index contributed by atoms with van der Waals surface area (Å²) in [6.45, 7) is 4.92. The summed E-state index contributed by atoms with van der Waals surface area (Å²) in [7, 11) is 0. The third-order valence-electron chi connectivity index (χ3n) is 4.23. The van der Waals surface area contributed by atoms with Crippen LogP contribution in [0.15, 0.2) is 57.6 Å². The van der Waals surface area contributed by atoms with E-state index in [1.54, 1.807) is 24.5 Å². The molecule has 10 heteroatoms. The number of furan rings is 1. The number of carbonyl (C=O) groups excluding carboxylic acids is 1. The van der Waals surface area contributed by atoms with Crippen LogP contribution in [0.2, 0.25) is 0 Å². The molecule has 4 aromatic rings. The maximum Gasteiger partial charge on any atom is 0.236 e. The molecule has 0 aliphatic carbocycles. The predicted octanol–water partition coefficient (Wildman–Crippen LogP) is 5.19. The zero-order valence-corrected chi connectivity index (χ0v) is 18.5. The second-order valence-corrected chi connectivity index (χ2v) is 8.97. The highest BCUT2D eigenvalue weighted by atomic mass is 32.2. The molecule has 0 saturated carbocycles. The van der Waals surface area contributed by atoms with Crippen LogP contribution in [0.5, 0.6) is 0 Å². The molecular formula is C21H20FN5O2S2. The lowest BCUT2D eigenvalue weighted by Crippen LogP contribution is -2.15. The monoisotopic (exact) mass is 457 g/mol. The molecular weight excluding hydrogens is 437 g/mol. The summed E-state index contributed by atoms with van der Waals surface area (Å²) in [6.07, 6.45) is 1.60. The highest BCUT2D eigenvalue weighted by Crippen LogP contribution is 2.27. The number of carbonyl (C=O) groups is 1. The number of halogens is 1. The number of aromatic nitrogens is 4. The first-order chi connectivity index (χ1) is 15.0. The molecule has 7 nitrogen and oxygen atoms in total. The van der Waals surface area contributed by atoms with Crippen LogP contribution in [0.25, 0.3) is 22.8 Å². The molecule has 160 valence electrons. The first-order valence-electron chi connectivity index (χ1n) is 9.61. The van der Waals surface area contributed by atoms with Crippen LogP contribution >= 0.6 is 23.1 Å². The van der Waals surface area contributed by atoms with Crippen molar-refractivity contribution >= 4 is 34.1 Å². The van der Waals surface area contributed by atoms with Crippen LogP contribution in [-0.4, -0.2) is 31.4 Å². The van der Waals surface area contributed by atoms with Gasteiger partial charge < -0.3 is 9.73 Å². The van der Waals surface area contributed by atoms with Crippen LogP contribution in [0.3, 0.4) is 0 Å². The van der Waals surface area contributed by atoms with Crippen molar-refractivity contribution in [3.63, 3.8) is 0 Å². The Morgan fingerprint density at radius 3 is 2.77 bits per heavy atom. The highest BCUT2D eigenvalue weighted by molar-refractivity contribution is 7.99. The Morgan fingerprint density at radius 2 is 2.06 bits per heavy atom. The summed E-state index contributed by atoms with van der Waals surface area (Å²) in [5.41, 5.74) is 1.48. The van der Waals surface area contributed by atoms with E-state index in [2.05, 4.69) is 34.3 Å². The molecule has 1 aromatic carbocycles. The van der Waals surface area contributed by atoms with Gasteiger partial charge in [-0.25, -0.2) is 9.37 Å². The van der Waals surface area contributed by atoms with E-state index in [4.69, 9.17) is 4.42 Å². The maximum atomic E-state index is 13.1. The number of benzene rings is 1. The van der Waals surface area contributed by atoms with Crippen molar-refractivity contribution in [3.8, 4) is 22.8 Å². The molecule has 0 bridgehead atoms. The molecule has 0 radical (unpaired) electrons. The molecule has 0 aliphatic heterocycles. The first kappa shape index (κ1) is 21.3. The van der Waals surface area contributed by atoms with Crippen LogP contribution in [-0.2, 0) is 11.3 Å². The van der Waals surface area contributed by atoms with Gasteiger partial charge in [0.05, 0.1) is 17.7 Å². The molecule has 4 rings (SSSR count). The smallest absolute Gasteiger partial charge is 0.236 e. The zero-order chi connectivity index (χ0) is 21.8. The predicted molar refractivity (Wildman–Crippen MR) is 119 cm³/mol. The van der Waals surface area contributed by atoms with Gasteiger partial charge in [-0.2, -0.15) is 0 Å². The van der Waals surface area contributed by atoms with Gasteiger partial charge in [0.2, 0.25) is 5.91 Å². The third kappa shape index (κ3) is 5.20. The molecule has 1 N–H and O–H groups in total. The molecule has 3 aromatic heterocycles.